The predicted molar refractivity (Wildman–Crippen MR) is 112 cm³/mol. The summed E-state index contributed by atoms with van der Waals surface area (Å²) in [6.45, 7) is 4.04. The molecule has 0 radical (unpaired) electrons. The first-order valence-corrected chi connectivity index (χ1v) is 9.82. The highest BCUT2D eigenvalue weighted by Crippen LogP contribution is 2.32. The van der Waals surface area contributed by atoms with Gasteiger partial charge in [0.25, 0.3) is 5.91 Å². The number of aromatic nitrogens is 5. The fraction of sp³-hybridized carbons (Fsp3) is 0.273. The standard InChI is InChI=1S/C22H21F3N6O/c1-13-5-6-15(9-14(13)2)17-10-19(22(23,24)25)31-20(27-17)11-18(28-31)21(32)29(3)12-16-7-8-26-30(16)4/h5-11H,12H2,1-4H3. The summed E-state index contributed by atoms with van der Waals surface area (Å²) in [5.41, 5.74) is 2.30. The molecule has 0 saturated heterocycles. The van der Waals surface area contributed by atoms with Crippen LogP contribution in [0.3, 0.4) is 0 Å². The van der Waals surface area contributed by atoms with Gasteiger partial charge in [0, 0.05) is 31.9 Å². The third-order valence-corrected chi connectivity index (χ3v) is 5.41. The van der Waals surface area contributed by atoms with Crippen LogP contribution in [-0.2, 0) is 19.8 Å². The van der Waals surface area contributed by atoms with E-state index in [9.17, 15) is 18.0 Å². The quantitative estimate of drug-likeness (QED) is 0.479. The molecule has 0 aliphatic heterocycles. The van der Waals surface area contributed by atoms with Gasteiger partial charge in [-0.25, -0.2) is 9.50 Å². The van der Waals surface area contributed by atoms with Crippen LogP contribution in [0.25, 0.3) is 16.9 Å². The molecule has 4 aromatic rings. The van der Waals surface area contributed by atoms with Crippen LogP contribution in [0.15, 0.2) is 42.6 Å². The summed E-state index contributed by atoms with van der Waals surface area (Å²) < 4.78 is 43.8. The lowest BCUT2D eigenvalue weighted by Gasteiger charge is -2.15. The van der Waals surface area contributed by atoms with Crippen LogP contribution >= 0.6 is 0 Å². The third-order valence-electron chi connectivity index (χ3n) is 5.41. The SMILES string of the molecule is Cc1ccc(-c2cc(C(F)(F)F)n3nc(C(=O)N(C)Cc4ccnn4C)cc3n2)cc1C. The van der Waals surface area contributed by atoms with Crippen LogP contribution in [0.5, 0.6) is 0 Å². The summed E-state index contributed by atoms with van der Waals surface area (Å²) in [7, 11) is 3.30. The number of nitrogens with zero attached hydrogens (tertiary/aromatic N) is 6. The normalized spacial score (nSPS) is 11.8. The van der Waals surface area contributed by atoms with Gasteiger partial charge in [0.15, 0.2) is 17.0 Å². The van der Waals surface area contributed by atoms with E-state index in [1.54, 1.807) is 43.2 Å². The molecule has 0 spiro atoms. The first-order valence-electron chi connectivity index (χ1n) is 9.82. The van der Waals surface area contributed by atoms with Gasteiger partial charge in [-0.3, -0.25) is 9.48 Å². The minimum atomic E-state index is -4.68. The minimum absolute atomic E-state index is 0.0506. The van der Waals surface area contributed by atoms with E-state index in [0.29, 0.717) is 10.1 Å². The molecule has 0 unspecified atom stereocenters. The Morgan fingerprint density at radius 2 is 1.84 bits per heavy atom. The molecular weight excluding hydrogens is 421 g/mol. The molecule has 0 aliphatic rings. The van der Waals surface area contributed by atoms with Crippen LogP contribution < -0.4 is 0 Å². The van der Waals surface area contributed by atoms with Crippen molar-refractivity contribution in [1.29, 1.82) is 0 Å². The van der Waals surface area contributed by atoms with Crippen LogP contribution in [0, 0.1) is 13.8 Å². The van der Waals surface area contributed by atoms with Crippen LogP contribution in [0.2, 0.25) is 0 Å². The van der Waals surface area contributed by atoms with Crippen molar-refractivity contribution < 1.29 is 18.0 Å². The van der Waals surface area contributed by atoms with Crippen molar-refractivity contribution >= 4 is 11.6 Å². The zero-order chi connectivity index (χ0) is 23.2. The van der Waals surface area contributed by atoms with Crippen LogP contribution in [-0.4, -0.2) is 42.2 Å². The molecule has 166 valence electrons. The summed E-state index contributed by atoms with van der Waals surface area (Å²) in [6, 6.07) is 9.35. The summed E-state index contributed by atoms with van der Waals surface area (Å²) in [4.78, 5) is 18.6. The van der Waals surface area contributed by atoms with Crippen molar-refractivity contribution in [2.24, 2.45) is 7.05 Å². The van der Waals surface area contributed by atoms with E-state index in [1.165, 1.54) is 11.0 Å². The molecule has 1 amide bonds. The van der Waals surface area contributed by atoms with Gasteiger partial charge in [0.05, 0.1) is 17.9 Å². The largest absolute Gasteiger partial charge is 0.433 e. The Balaban J connectivity index is 1.77. The Morgan fingerprint density at radius 3 is 2.47 bits per heavy atom. The maximum absolute atomic E-state index is 13.8. The van der Waals surface area contributed by atoms with E-state index in [0.717, 1.165) is 22.9 Å². The maximum Gasteiger partial charge on any atom is 0.433 e. The van der Waals surface area contributed by atoms with Gasteiger partial charge in [-0.15, -0.1) is 0 Å². The van der Waals surface area contributed by atoms with Crippen molar-refractivity contribution in [3.63, 3.8) is 0 Å². The van der Waals surface area contributed by atoms with Gasteiger partial charge < -0.3 is 4.90 Å². The number of halogens is 3. The average molecular weight is 442 g/mol. The Morgan fingerprint density at radius 1 is 1.09 bits per heavy atom. The van der Waals surface area contributed by atoms with Crippen molar-refractivity contribution in [2.45, 2.75) is 26.6 Å². The monoisotopic (exact) mass is 442 g/mol. The molecule has 0 aliphatic carbocycles. The number of rotatable bonds is 4. The molecular formula is C22H21F3N6O. The van der Waals surface area contributed by atoms with Crippen molar-refractivity contribution in [3.8, 4) is 11.3 Å². The summed E-state index contributed by atoms with van der Waals surface area (Å²) in [5, 5.41) is 7.99. The Kier molecular flexibility index (Phi) is 5.23. The molecule has 0 N–H and O–H groups in total. The van der Waals surface area contributed by atoms with Gasteiger partial charge in [-0.1, -0.05) is 12.1 Å². The first-order chi connectivity index (χ1) is 15.0. The molecule has 7 nitrogen and oxygen atoms in total. The molecule has 3 heterocycles. The highest BCUT2D eigenvalue weighted by molar-refractivity contribution is 5.93. The molecule has 0 fully saturated rings. The lowest BCUT2D eigenvalue weighted by molar-refractivity contribution is -0.142. The number of amides is 1. The lowest BCUT2D eigenvalue weighted by Crippen LogP contribution is -2.27. The van der Waals surface area contributed by atoms with Crippen molar-refractivity contribution in [1.82, 2.24) is 29.3 Å². The Bertz CT molecular complexity index is 1320. The topological polar surface area (TPSA) is 68.3 Å². The fourth-order valence-corrected chi connectivity index (χ4v) is 3.40. The molecule has 0 atom stereocenters. The number of carbonyl (C=O) groups excluding carboxylic acids is 1. The summed E-state index contributed by atoms with van der Waals surface area (Å²) >= 11 is 0. The molecule has 0 saturated carbocycles. The average Bonchev–Trinajstić information content (AvgIpc) is 3.34. The van der Waals surface area contributed by atoms with E-state index < -0.39 is 17.8 Å². The molecule has 10 heteroatoms. The van der Waals surface area contributed by atoms with Crippen molar-refractivity contribution in [2.75, 3.05) is 7.05 Å². The smallest absolute Gasteiger partial charge is 0.334 e. The second kappa shape index (κ2) is 7.77. The minimum Gasteiger partial charge on any atom is -0.334 e. The number of fused-ring (bicyclic) bond motifs is 1. The van der Waals surface area contributed by atoms with Gasteiger partial charge in [-0.05, 0) is 43.2 Å². The number of aryl methyl sites for hydroxylation is 3. The Hall–Kier alpha value is -3.69. The van der Waals surface area contributed by atoms with Crippen LogP contribution in [0.1, 0.15) is 33.0 Å². The van der Waals surface area contributed by atoms with Crippen molar-refractivity contribution in [3.05, 3.63) is 70.8 Å². The zero-order valence-corrected chi connectivity index (χ0v) is 18.0. The van der Waals surface area contributed by atoms with E-state index in [1.807, 2.05) is 19.9 Å². The van der Waals surface area contributed by atoms with Gasteiger partial charge >= 0.3 is 6.18 Å². The molecule has 0 bridgehead atoms. The molecule has 1 aromatic carbocycles. The van der Waals surface area contributed by atoms with E-state index in [4.69, 9.17) is 0 Å². The second-order valence-corrected chi connectivity index (χ2v) is 7.73. The van der Waals surface area contributed by atoms with Gasteiger partial charge in [0.2, 0.25) is 0 Å². The molecule has 4 rings (SSSR count). The molecule has 32 heavy (non-hydrogen) atoms. The third kappa shape index (κ3) is 3.95. The van der Waals surface area contributed by atoms with Gasteiger partial charge in [0.1, 0.15) is 0 Å². The summed E-state index contributed by atoms with van der Waals surface area (Å²) in [6.07, 6.45) is -3.07. The fourth-order valence-electron chi connectivity index (χ4n) is 3.40. The van der Waals surface area contributed by atoms with E-state index in [2.05, 4.69) is 15.2 Å². The number of benzene rings is 1. The first kappa shape index (κ1) is 21.5. The van der Waals surface area contributed by atoms with Gasteiger partial charge in [-0.2, -0.15) is 23.4 Å². The van der Waals surface area contributed by atoms with E-state index in [-0.39, 0.29) is 23.6 Å². The highest BCUT2D eigenvalue weighted by Gasteiger charge is 2.36. The highest BCUT2D eigenvalue weighted by atomic mass is 19.4. The number of alkyl halides is 3. The predicted octanol–water partition coefficient (Wildman–Crippen LogP) is 4.04. The summed E-state index contributed by atoms with van der Waals surface area (Å²) in [5.74, 6) is -0.516. The lowest BCUT2D eigenvalue weighted by atomic mass is 10.0. The Labute approximate surface area is 182 Å². The molecule has 3 aromatic heterocycles. The number of hydrogen-bond donors (Lipinski definition) is 0. The number of hydrogen-bond acceptors (Lipinski definition) is 4. The second-order valence-electron chi connectivity index (χ2n) is 7.73. The maximum atomic E-state index is 13.8. The van der Waals surface area contributed by atoms with E-state index >= 15 is 0 Å². The number of carbonyl (C=O) groups is 1. The zero-order valence-electron chi connectivity index (χ0n) is 18.0. The van der Waals surface area contributed by atoms with Crippen LogP contribution in [0.4, 0.5) is 13.2 Å².